The zero-order valence-corrected chi connectivity index (χ0v) is 16.3. The Hall–Kier alpha value is -1.53. The molecular formula is C19H30ClN3O3. The maximum Gasteiger partial charge on any atom is 0.255 e. The van der Waals surface area contributed by atoms with Crippen LogP contribution in [0.25, 0.3) is 0 Å². The van der Waals surface area contributed by atoms with Crippen molar-refractivity contribution in [3.8, 4) is 0 Å². The molecule has 2 amide bonds. The molecule has 0 unspecified atom stereocenters. The Kier molecular flexibility index (Phi) is 7.97. The van der Waals surface area contributed by atoms with Gasteiger partial charge in [-0.3, -0.25) is 9.59 Å². The lowest BCUT2D eigenvalue weighted by atomic mass is 9.93. The molecule has 1 aromatic heterocycles. The third kappa shape index (κ3) is 5.48. The summed E-state index contributed by atoms with van der Waals surface area (Å²) >= 11 is 0. The summed E-state index contributed by atoms with van der Waals surface area (Å²) in [6, 6.07) is 1.83. The van der Waals surface area contributed by atoms with E-state index in [1.54, 1.807) is 13.0 Å². The van der Waals surface area contributed by atoms with E-state index in [1.807, 2.05) is 4.90 Å². The Morgan fingerprint density at radius 2 is 1.92 bits per heavy atom. The molecule has 1 aromatic rings. The van der Waals surface area contributed by atoms with Crippen LogP contribution < -0.4 is 10.6 Å². The molecule has 7 heteroatoms. The van der Waals surface area contributed by atoms with E-state index in [-0.39, 0.29) is 30.3 Å². The predicted octanol–water partition coefficient (Wildman–Crippen LogP) is 2.51. The van der Waals surface area contributed by atoms with Crippen molar-refractivity contribution in [1.29, 1.82) is 0 Å². The fraction of sp³-hybridized carbons (Fsp3) is 0.684. The average molecular weight is 384 g/mol. The molecule has 0 aliphatic carbocycles. The molecule has 2 aliphatic heterocycles. The van der Waals surface area contributed by atoms with Crippen LogP contribution in [0.1, 0.15) is 54.6 Å². The van der Waals surface area contributed by atoms with Gasteiger partial charge in [-0.1, -0.05) is 0 Å². The molecule has 2 N–H and O–H groups in total. The Bertz CT molecular complexity index is 591. The number of piperidine rings is 2. The van der Waals surface area contributed by atoms with E-state index in [4.69, 9.17) is 4.42 Å². The summed E-state index contributed by atoms with van der Waals surface area (Å²) < 4.78 is 5.18. The first-order valence-electron chi connectivity index (χ1n) is 9.47. The van der Waals surface area contributed by atoms with Gasteiger partial charge in [-0.05, 0) is 64.1 Å². The smallest absolute Gasteiger partial charge is 0.255 e. The lowest BCUT2D eigenvalue weighted by molar-refractivity contribution is -0.132. The van der Waals surface area contributed by atoms with Crippen molar-refractivity contribution in [3.63, 3.8) is 0 Å². The molecule has 3 rings (SSSR count). The second-order valence-corrected chi connectivity index (χ2v) is 7.25. The van der Waals surface area contributed by atoms with Crippen LogP contribution in [0, 0.1) is 12.8 Å². The predicted molar refractivity (Wildman–Crippen MR) is 103 cm³/mol. The van der Waals surface area contributed by atoms with Crippen molar-refractivity contribution >= 4 is 24.2 Å². The minimum absolute atomic E-state index is 0. The molecule has 0 spiro atoms. The third-order valence-electron chi connectivity index (χ3n) is 5.51. The Labute approximate surface area is 161 Å². The number of carbonyl (C=O) groups is 2. The Morgan fingerprint density at radius 1 is 1.23 bits per heavy atom. The van der Waals surface area contributed by atoms with Gasteiger partial charge in [0.15, 0.2) is 0 Å². The van der Waals surface area contributed by atoms with E-state index >= 15 is 0 Å². The zero-order valence-electron chi connectivity index (χ0n) is 15.5. The van der Waals surface area contributed by atoms with E-state index in [2.05, 4.69) is 10.6 Å². The van der Waals surface area contributed by atoms with Crippen LogP contribution in [0.2, 0.25) is 0 Å². The summed E-state index contributed by atoms with van der Waals surface area (Å²) in [4.78, 5) is 26.6. The highest BCUT2D eigenvalue weighted by Gasteiger charge is 2.25. The van der Waals surface area contributed by atoms with Crippen molar-refractivity contribution in [3.05, 3.63) is 23.7 Å². The van der Waals surface area contributed by atoms with Gasteiger partial charge < -0.3 is 20.0 Å². The number of furan rings is 1. The monoisotopic (exact) mass is 383 g/mol. The van der Waals surface area contributed by atoms with Gasteiger partial charge in [-0.15, -0.1) is 12.4 Å². The lowest BCUT2D eigenvalue weighted by Crippen LogP contribution is -2.46. The minimum atomic E-state index is -0.0815. The molecule has 146 valence electrons. The number of likely N-dealkylation sites (tertiary alicyclic amines) is 1. The SMILES string of the molecule is Cc1occc1C(=O)NC1CCN(C(=O)CCC2CCNCC2)CC1.Cl. The molecule has 6 nitrogen and oxygen atoms in total. The summed E-state index contributed by atoms with van der Waals surface area (Å²) in [5, 5.41) is 6.43. The number of hydrogen-bond acceptors (Lipinski definition) is 4. The van der Waals surface area contributed by atoms with Crippen molar-refractivity contribution in [2.24, 2.45) is 5.92 Å². The van der Waals surface area contributed by atoms with Crippen molar-refractivity contribution in [2.45, 2.75) is 51.5 Å². The fourth-order valence-electron chi connectivity index (χ4n) is 3.81. The van der Waals surface area contributed by atoms with Crippen LogP contribution in [0.15, 0.2) is 16.7 Å². The second-order valence-electron chi connectivity index (χ2n) is 7.25. The van der Waals surface area contributed by atoms with Gasteiger partial charge in [0.05, 0.1) is 11.8 Å². The number of nitrogens with one attached hydrogen (secondary N) is 2. The van der Waals surface area contributed by atoms with Crippen LogP contribution in [-0.4, -0.2) is 48.9 Å². The normalized spacial score (nSPS) is 19.0. The zero-order chi connectivity index (χ0) is 17.6. The molecule has 26 heavy (non-hydrogen) atoms. The number of nitrogens with zero attached hydrogens (tertiary/aromatic N) is 1. The maximum absolute atomic E-state index is 12.4. The average Bonchev–Trinajstić information content (AvgIpc) is 3.07. The summed E-state index contributed by atoms with van der Waals surface area (Å²) in [6.45, 7) is 5.43. The van der Waals surface area contributed by atoms with E-state index in [1.165, 1.54) is 19.1 Å². The number of halogens is 1. The molecule has 2 fully saturated rings. The summed E-state index contributed by atoms with van der Waals surface area (Å²) in [7, 11) is 0. The molecule has 0 atom stereocenters. The fourth-order valence-corrected chi connectivity index (χ4v) is 3.81. The van der Waals surface area contributed by atoms with Crippen molar-refractivity contribution in [2.75, 3.05) is 26.2 Å². The first-order chi connectivity index (χ1) is 12.1. The molecule has 2 aliphatic rings. The standard InChI is InChI=1S/C19H29N3O3.ClH/c1-14-17(8-13-25-14)19(24)21-16-6-11-22(12-7-16)18(23)3-2-15-4-9-20-10-5-15;/h8,13,15-16,20H,2-7,9-12H2,1H3,(H,21,24);1H. The number of rotatable bonds is 5. The lowest BCUT2D eigenvalue weighted by Gasteiger charge is -2.33. The van der Waals surface area contributed by atoms with E-state index in [0.29, 0.717) is 23.7 Å². The molecule has 0 radical (unpaired) electrons. The highest BCUT2D eigenvalue weighted by atomic mass is 35.5. The minimum Gasteiger partial charge on any atom is -0.469 e. The molecule has 3 heterocycles. The van der Waals surface area contributed by atoms with Crippen molar-refractivity contribution in [1.82, 2.24) is 15.5 Å². The largest absolute Gasteiger partial charge is 0.469 e. The van der Waals surface area contributed by atoms with Crippen LogP contribution in [0.5, 0.6) is 0 Å². The highest BCUT2D eigenvalue weighted by molar-refractivity contribution is 5.95. The third-order valence-corrected chi connectivity index (χ3v) is 5.51. The number of carbonyl (C=O) groups excluding carboxylic acids is 2. The topological polar surface area (TPSA) is 74.6 Å². The number of aryl methyl sites for hydroxylation is 1. The van der Waals surface area contributed by atoms with Gasteiger partial charge in [0.2, 0.25) is 5.91 Å². The van der Waals surface area contributed by atoms with Gasteiger partial charge in [0, 0.05) is 25.6 Å². The summed E-state index contributed by atoms with van der Waals surface area (Å²) in [5.74, 6) is 1.53. The maximum atomic E-state index is 12.4. The van der Waals surface area contributed by atoms with Crippen LogP contribution in [0.3, 0.4) is 0 Å². The van der Waals surface area contributed by atoms with Crippen LogP contribution in [0.4, 0.5) is 0 Å². The second kappa shape index (κ2) is 9.97. The summed E-state index contributed by atoms with van der Waals surface area (Å²) in [6.07, 6.45) is 7.23. The van der Waals surface area contributed by atoms with Gasteiger partial charge in [0.25, 0.3) is 5.91 Å². The molecule has 0 bridgehead atoms. The van der Waals surface area contributed by atoms with Gasteiger partial charge in [0.1, 0.15) is 5.76 Å². The molecule has 0 aromatic carbocycles. The number of hydrogen-bond donors (Lipinski definition) is 2. The number of amides is 2. The highest BCUT2D eigenvalue weighted by Crippen LogP contribution is 2.20. The molecule has 0 saturated carbocycles. The van der Waals surface area contributed by atoms with E-state index < -0.39 is 0 Å². The Balaban J connectivity index is 0.00000243. The molecule has 2 saturated heterocycles. The van der Waals surface area contributed by atoms with Crippen LogP contribution >= 0.6 is 12.4 Å². The first kappa shape index (κ1) is 20.8. The van der Waals surface area contributed by atoms with E-state index in [0.717, 1.165) is 45.4 Å². The van der Waals surface area contributed by atoms with E-state index in [9.17, 15) is 9.59 Å². The molecular weight excluding hydrogens is 354 g/mol. The van der Waals surface area contributed by atoms with Crippen molar-refractivity contribution < 1.29 is 14.0 Å². The van der Waals surface area contributed by atoms with Crippen LogP contribution in [-0.2, 0) is 4.79 Å². The van der Waals surface area contributed by atoms with Gasteiger partial charge in [-0.25, -0.2) is 0 Å². The van der Waals surface area contributed by atoms with Gasteiger partial charge >= 0.3 is 0 Å². The first-order valence-corrected chi connectivity index (χ1v) is 9.47. The quantitative estimate of drug-likeness (QED) is 0.819. The van der Waals surface area contributed by atoms with Gasteiger partial charge in [-0.2, -0.15) is 0 Å². The Morgan fingerprint density at radius 3 is 2.54 bits per heavy atom. The summed E-state index contributed by atoms with van der Waals surface area (Å²) in [5.41, 5.74) is 0.598.